The Kier molecular flexibility index (Phi) is 4.77. The first kappa shape index (κ1) is 16.5. The molecule has 0 aliphatic heterocycles. The fourth-order valence-corrected chi connectivity index (χ4v) is 5.26. The Morgan fingerprint density at radius 3 is 2.87 bits per heavy atom. The molecule has 0 saturated carbocycles. The van der Waals surface area contributed by atoms with Gasteiger partial charge in [0.05, 0.1) is 12.5 Å². The van der Waals surface area contributed by atoms with Crippen molar-refractivity contribution in [1.29, 1.82) is 0 Å². The summed E-state index contributed by atoms with van der Waals surface area (Å²) in [5.41, 5.74) is 1.23. The summed E-state index contributed by atoms with van der Waals surface area (Å²) in [6, 6.07) is 0. The fraction of sp³-hybridized carbons (Fsp3) is 0.562. The second kappa shape index (κ2) is 6.65. The molecule has 0 N–H and O–H groups in total. The van der Waals surface area contributed by atoms with Gasteiger partial charge in [0.1, 0.15) is 10.1 Å². The summed E-state index contributed by atoms with van der Waals surface area (Å²) in [5.74, 6) is -0.308. The van der Waals surface area contributed by atoms with Gasteiger partial charge in [-0.05, 0) is 45.1 Å². The summed E-state index contributed by atoms with van der Waals surface area (Å²) in [6.45, 7) is 4.25. The highest BCUT2D eigenvalue weighted by molar-refractivity contribution is 8.00. The van der Waals surface area contributed by atoms with Gasteiger partial charge in [-0.15, -0.1) is 11.3 Å². The van der Waals surface area contributed by atoms with E-state index in [9.17, 15) is 9.59 Å². The Bertz CT molecular complexity index is 810. The number of nitrogens with zero attached hydrogens (tertiary/aromatic N) is 2. The van der Waals surface area contributed by atoms with Gasteiger partial charge in [0, 0.05) is 11.4 Å². The number of hydrogen-bond donors (Lipinski definition) is 0. The Morgan fingerprint density at radius 1 is 1.43 bits per heavy atom. The second-order valence-corrected chi connectivity index (χ2v) is 8.01. The molecule has 7 heteroatoms. The fourth-order valence-electron chi connectivity index (χ4n) is 2.96. The zero-order valence-corrected chi connectivity index (χ0v) is 15.2. The highest BCUT2D eigenvalue weighted by atomic mass is 32.2. The minimum Gasteiger partial charge on any atom is -0.468 e. The number of aromatic nitrogens is 2. The van der Waals surface area contributed by atoms with Crippen LogP contribution >= 0.6 is 23.1 Å². The van der Waals surface area contributed by atoms with Gasteiger partial charge in [-0.1, -0.05) is 11.8 Å². The molecule has 23 heavy (non-hydrogen) atoms. The maximum absolute atomic E-state index is 12.9. The molecule has 0 fully saturated rings. The monoisotopic (exact) mass is 352 g/mol. The molecule has 0 saturated heterocycles. The standard InChI is InChI=1S/C16H20N2O3S2/c1-4-18-14(19)12-10-7-5-6-8-11(10)23-13(12)17-16(18)22-9(2)15(20)21-3/h9H,4-8H2,1-3H3/t9-/m1/s1. The lowest BCUT2D eigenvalue weighted by atomic mass is 9.97. The third kappa shape index (κ3) is 2.92. The number of carbonyl (C=O) groups excluding carboxylic acids is 1. The Morgan fingerprint density at radius 2 is 2.17 bits per heavy atom. The number of hydrogen-bond acceptors (Lipinski definition) is 6. The number of thiophene rings is 1. The van der Waals surface area contributed by atoms with Crippen LogP contribution in [0.2, 0.25) is 0 Å². The summed E-state index contributed by atoms with van der Waals surface area (Å²) in [7, 11) is 1.37. The van der Waals surface area contributed by atoms with Crippen molar-refractivity contribution in [2.45, 2.75) is 56.5 Å². The van der Waals surface area contributed by atoms with E-state index in [-0.39, 0.29) is 11.5 Å². The molecule has 0 aromatic carbocycles. The van der Waals surface area contributed by atoms with Crippen LogP contribution in [0.15, 0.2) is 9.95 Å². The third-order valence-electron chi connectivity index (χ3n) is 4.17. The van der Waals surface area contributed by atoms with Crippen molar-refractivity contribution in [2.75, 3.05) is 7.11 Å². The van der Waals surface area contributed by atoms with Crippen LogP contribution in [-0.2, 0) is 28.9 Å². The van der Waals surface area contributed by atoms with E-state index in [4.69, 9.17) is 9.72 Å². The molecular weight excluding hydrogens is 332 g/mol. The van der Waals surface area contributed by atoms with E-state index in [1.54, 1.807) is 22.8 Å². The van der Waals surface area contributed by atoms with E-state index in [1.807, 2.05) is 6.92 Å². The van der Waals surface area contributed by atoms with Gasteiger partial charge in [0.2, 0.25) is 0 Å². The van der Waals surface area contributed by atoms with Crippen LogP contribution in [0, 0.1) is 0 Å². The van der Waals surface area contributed by atoms with Crippen molar-refractivity contribution in [1.82, 2.24) is 9.55 Å². The van der Waals surface area contributed by atoms with Gasteiger partial charge >= 0.3 is 5.97 Å². The predicted molar refractivity (Wildman–Crippen MR) is 93.5 cm³/mol. The lowest BCUT2D eigenvalue weighted by Gasteiger charge is -2.14. The Hall–Kier alpha value is -1.34. The Balaban J connectivity index is 2.12. The maximum Gasteiger partial charge on any atom is 0.318 e. The lowest BCUT2D eigenvalue weighted by Crippen LogP contribution is -2.24. The average Bonchev–Trinajstić information content (AvgIpc) is 2.92. The zero-order valence-electron chi connectivity index (χ0n) is 13.5. The number of aryl methyl sites for hydroxylation is 2. The van der Waals surface area contributed by atoms with E-state index < -0.39 is 5.25 Å². The molecular formula is C16H20N2O3S2. The smallest absolute Gasteiger partial charge is 0.318 e. The quantitative estimate of drug-likeness (QED) is 0.481. The first-order valence-electron chi connectivity index (χ1n) is 7.86. The van der Waals surface area contributed by atoms with Crippen molar-refractivity contribution in [3.63, 3.8) is 0 Å². The second-order valence-electron chi connectivity index (χ2n) is 5.62. The molecule has 2 aromatic heterocycles. The van der Waals surface area contributed by atoms with Crippen LogP contribution < -0.4 is 5.56 Å². The molecule has 1 atom stereocenters. The summed E-state index contributed by atoms with van der Waals surface area (Å²) >= 11 is 2.92. The van der Waals surface area contributed by atoms with Gasteiger partial charge in [0.25, 0.3) is 5.56 Å². The normalized spacial score (nSPS) is 15.4. The molecule has 5 nitrogen and oxygen atoms in total. The largest absolute Gasteiger partial charge is 0.468 e. The highest BCUT2D eigenvalue weighted by Crippen LogP contribution is 2.35. The maximum atomic E-state index is 12.9. The first-order valence-corrected chi connectivity index (χ1v) is 9.56. The molecule has 2 heterocycles. The van der Waals surface area contributed by atoms with Crippen molar-refractivity contribution in [2.24, 2.45) is 0 Å². The number of ether oxygens (including phenoxy) is 1. The van der Waals surface area contributed by atoms with Crippen LogP contribution in [0.1, 0.15) is 37.1 Å². The predicted octanol–water partition coefficient (Wildman–Crippen LogP) is 3.01. The lowest BCUT2D eigenvalue weighted by molar-refractivity contribution is -0.139. The van der Waals surface area contributed by atoms with Crippen molar-refractivity contribution in [3.05, 3.63) is 20.8 Å². The van der Waals surface area contributed by atoms with E-state index in [1.165, 1.54) is 35.7 Å². The number of methoxy groups -OCH3 is 1. The van der Waals surface area contributed by atoms with Gasteiger partial charge in [-0.25, -0.2) is 4.98 Å². The van der Waals surface area contributed by atoms with E-state index >= 15 is 0 Å². The van der Waals surface area contributed by atoms with Crippen LogP contribution in [0.4, 0.5) is 0 Å². The highest BCUT2D eigenvalue weighted by Gasteiger charge is 2.24. The van der Waals surface area contributed by atoms with Crippen molar-refractivity contribution in [3.8, 4) is 0 Å². The van der Waals surface area contributed by atoms with Crippen LogP contribution in [0.3, 0.4) is 0 Å². The minimum atomic E-state index is -0.392. The SMILES string of the molecule is CCn1c(S[C@H](C)C(=O)OC)nc2sc3c(c2c1=O)CCCC3. The molecule has 0 unspecified atom stereocenters. The van der Waals surface area contributed by atoms with Crippen molar-refractivity contribution >= 4 is 39.3 Å². The van der Waals surface area contributed by atoms with Gasteiger partial charge in [0.15, 0.2) is 5.16 Å². The summed E-state index contributed by atoms with van der Waals surface area (Å²) in [4.78, 5) is 31.4. The van der Waals surface area contributed by atoms with E-state index in [0.29, 0.717) is 11.7 Å². The number of fused-ring (bicyclic) bond motifs is 3. The molecule has 1 aliphatic rings. The van der Waals surface area contributed by atoms with Gasteiger partial charge in [-0.2, -0.15) is 0 Å². The van der Waals surface area contributed by atoms with Crippen molar-refractivity contribution < 1.29 is 9.53 Å². The number of esters is 1. The Labute approximate surface area is 143 Å². The van der Waals surface area contributed by atoms with Gasteiger partial charge in [-0.3, -0.25) is 14.2 Å². The summed E-state index contributed by atoms with van der Waals surface area (Å²) in [6.07, 6.45) is 4.34. The molecule has 124 valence electrons. The molecule has 3 rings (SSSR count). The molecule has 0 bridgehead atoms. The molecule has 0 spiro atoms. The zero-order chi connectivity index (χ0) is 16.6. The van der Waals surface area contributed by atoms with Crippen LogP contribution in [-0.4, -0.2) is 27.9 Å². The van der Waals surface area contributed by atoms with E-state index in [2.05, 4.69) is 0 Å². The minimum absolute atomic E-state index is 0.0245. The molecule has 0 amide bonds. The average molecular weight is 352 g/mol. The topological polar surface area (TPSA) is 61.2 Å². The summed E-state index contributed by atoms with van der Waals surface area (Å²) in [5, 5.41) is 1.000. The number of carbonyl (C=O) groups is 1. The van der Waals surface area contributed by atoms with E-state index in [0.717, 1.165) is 29.5 Å². The molecule has 1 aliphatic carbocycles. The molecule has 2 aromatic rings. The number of rotatable bonds is 4. The molecule has 0 radical (unpaired) electrons. The van der Waals surface area contributed by atoms with Crippen LogP contribution in [0.5, 0.6) is 0 Å². The third-order valence-corrected chi connectivity index (χ3v) is 6.43. The van der Waals surface area contributed by atoms with Gasteiger partial charge < -0.3 is 4.74 Å². The first-order chi connectivity index (χ1) is 11.1. The van der Waals surface area contributed by atoms with Crippen LogP contribution in [0.25, 0.3) is 10.2 Å². The number of thioether (sulfide) groups is 1. The summed E-state index contributed by atoms with van der Waals surface area (Å²) < 4.78 is 6.44.